The number of likely N-dealkylation sites (tertiary alicyclic amines) is 1. The minimum Gasteiger partial charge on any atom is -0.497 e. The van der Waals surface area contributed by atoms with Gasteiger partial charge in [-0.15, -0.1) is 0 Å². The van der Waals surface area contributed by atoms with Crippen molar-refractivity contribution in [3.05, 3.63) is 54.4 Å². The van der Waals surface area contributed by atoms with Crippen molar-refractivity contribution >= 4 is 11.7 Å². The lowest BCUT2D eigenvalue weighted by molar-refractivity contribution is 0.184. The van der Waals surface area contributed by atoms with Crippen LogP contribution in [0.3, 0.4) is 0 Å². The summed E-state index contributed by atoms with van der Waals surface area (Å²) in [6.45, 7) is 3.64. The minimum atomic E-state index is -0.163. The summed E-state index contributed by atoms with van der Waals surface area (Å²) in [6.07, 6.45) is 1.75. The first-order valence-electron chi connectivity index (χ1n) is 10.4. The van der Waals surface area contributed by atoms with Gasteiger partial charge in [-0.05, 0) is 44.0 Å². The fourth-order valence-corrected chi connectivity index (χ4v) is 3.69. The highest BCUT2D eigenvalue weighted by Crippen LogP contribution is 2.30. The number of carbonyl (C=O) groups is 1. The first kappa shape index (κ1) is 20.7. The number of para-hydroxylation sites is 2. The van der Waals surface area contributed by atoms with Gasteiger partial charge >= 0.3 is 6.03 Å². The molecule has 1 saturated heterocycles. The Morgan fingerprint density at radius 3 is 2.97 bits per heavy atom. The highest BCUT2D eigenvalue weighted by atomic mass is 16.5. The maximum Gasteiger partial charge on any atom is 0.321 e. The number of carbonyl (C=O) groups excluding carboxylic acids is 1. The number of nitrogens with zero attached hydrogens (tertiary/aromatic N) is 3. The average Bonchev–Trinajstić information content (AvgIpc) is 3.31. The normalized spacial score (nSPS) is 16.1. The molecule has 1 atom stereocenters. The Bertz CT molecular complexity index is 1040. The van der Waals surface area contributed by atoms with Crippen LogP contribution in [0.5, 0.6) is 11.5 Å². The number of benzene rings is 2. The molecule has 1 aromatic heterocycles. The molecule has 162 valence electrons. The van der Waals surface area contributed by atoms with Gasteiger partial charge in [-0.25, -0.2) is 4.79 Å². The molecule has 0 bridgehead atoms. The maximum absolute atomic E-state index is 12.9. The molecule has 0 aliphatic carbocycles. The summed E-state index contributed by atoms with van der Waals surface area (Å²) in [5, 5.41) is 7.09. The van der Waals surface area contributed by atoms with E-state index in [2.05, 4.69) is 15.5 Å². The number of aromatic nitrogens is 2. The van der Waals surface area contributed by atoms with E-state index in [0.717, 1.165) is 24.2 Å². The number of nitrogens with one attached hydrogen (secondary N) is 1. The lowest BCUT2D eigenvalue weighted by Gasteiger charge is -2.31. The van der Waals surface area contributed by atoms with E-state index in [4.69, 9.17) is 14.0 Å². The molecule has 2 amide bonds. The summed E-state index contributed by atoms with van der Waals surface area (Å²) in [4.78, 5) is 19.2. The van der Waals surface area contributed by atoms with Crippen LogP contribution in [-0.4, -0.2) is 47.9 Å². The van der Waals surface area contributed by atoms with Crippen molar-refractivity contribution in [2.45, 2.75) is 25.7 Å². The second kappa shape index (κ2) is 9.51. The topological polar surface area (TPSA) is 89.7 Å². The van der Waals surface area contributed by atoms with Gasteiger partial charge in [0.15, 0.2) is 0 Å². The molecular weight excluding hydrogens is 396 g/mol. The standard InChI is InChI=1S/C23H26N4O4/c1-3-30-20-12-5-4-11-19(20)24-23(28)27-13-7-9-17(15-27)22-25-21(26-31-22)16-8-6-10-18(14-16)29-2/h4-6,8,10-12,14,17H,3,7,9,13,15H2,1-2H3,(H,24,28)/t17-/m0/s1. The quantitative estimate of drug-likeness (QED) is 0.627. The van der Waals surface area contributed by atoms with Crippen molar-refractivity contribution in [3.8, 4) is 22.9 Å². The SMILES string of the molecule is CCOc1ccccc1NC(=O)N1CCC[C@H](c2nc(-c3cccc(OC)c3)no2)C1. The molecule has 1 aliphatic heterocycles. The molecule has 0 saturated carbocycles. The van der Waals surface area contributed by atoms with Gasteiger partial charge in [0, 0.05) is 18.7 Å². The van der Waals surface area contributed by atoms with E-state index < -0.39 is 0 Å². The van der Waals surface area contributed by atoms with Gasteiger partial charge < -0.3 is 24.2 Å². The van der Waals surface area contributed by atoms with Gasteiger partial charge in [0.05, 0.1) is 25.3 Å². The van der Waals surface area contributed by atoms with Crippen LogP contribution in [-0.2, 0) is 0 Å². The van der Waals surface area contributed by atoms with Crippen LogP contribution in [0, 0.1) is 0 Å². The Morgan fingerprint density at radius 1 is 1.26 bits per heavy atom. The number of amides is 2. The first-order chi connectivity index (χ1) is 15.2. The zero-order valence-electron chi connectivity index (χ0n) is 17.7. The number of methoxy groups -OCH3 is 1. The van der Waals surface area contributed by atoms with E-state index in [1.165, 1.54) is 0 Å². The van der Waals surface area contributed by atoms with Crippen LogP contribution in [0.15, 0.2) is 53.1 Å². The molecule has 0 radical (unpaired) electrons. The van der Waals surface area contributed by atoms with Gasteiger partial charge in [-0.3, -0.25) is 0 Å². The molecular formula is C23H26N4O4. The molecule has 8 nitrogen and oxygen atoms in total. The summed E-state index contributed by atoms with van der Waals surface area (Å²) in [7, 11) is 1.62. The number of urea groups is 1. The van der Waals surface area contributed by atoms with Crippen LogP contribution >= 0.6 is 0 Å². The predicted octanol–water partition coefficient (Wildman–Crippen LogP) is 4.56. The summed E-state index contributed by atoms with van der Waals surface area (Å²) in [5.41, 5.74) is 1.49. The van der Waals surface area contributed by atoms with Crippen molar-refractivity contribution in [2.24, 2.45) is 0 Å². The second-order valence-corrected chi connectivity index (χ2v) is 7.33. The number of hydrogen-bond donors (Lipinski definition) is 1. The van der Waals surface area contributed by atoms with Gasteiger partial charge in [0.2, 0.25) is 11.7 Å². The Hall–Kier alpha value is -3.55. The lowest BCUT2D eigenvalue weighted by atomic mass is 9.98. The molecule has 3 aromatic rings. The first-order valence-corrected chi connectivity index (χ1v) is 10.4. The fraction of sp³-hybridized carbons (Fsp3) is 0.348. The van der Waals surface area contributed by atoms with E-state index in [1.807, 2.05) is 55.5 Å². The number of anilines is 1. The number of ether oxygens (including phenoxy) is 2. The van der Waals surface area contributed by atoms with E-state index in [-0.39, 0.29) is 11.9 Å². The van der Waals surface area contributed by atoms with Crippen LogP contribution in [0.4, 0.5) is 10.5 Å². The van der Waals surface area contributed by atoms with E-state index >= 15 is 0 Å². The smallest absolute Gasteiger partial charge is 0.321 e. The fourth-order valence-electron chi connectivity index (χ4n) is 3.69. The van der Waals surface area contributed by atoms with E-state index in [9.17, 15) is 4.79 Å². The third-order valence-electron chi connectivity index (χ3n) is 5.26. The van der Waals surface area contributed by atoms with Crippen molar-refractivity contribution in [1.82, 2.24) is 15.0 Å². The van der Waals surface area contributed by atoms with Crippen molar-refractivity contribution in [2.75, 3.05) is 32.1 Å². The lowest BCUT2D eigenvalue weighted by Crippen LogP contribution is -2.41. The van der Waals surface area contributed by atoms with E-state index in [0.29, 0.717) is 42.8 Å². The zero-order valence-corrected chi connectivity index (χ0v) is 17.7. The minimum absolute atomic E-state index is 0.00602. The summed E-state index contributed by atoms with van der Waals surface area (Å²) in [6, 6.07) is 14.8. The Kier molecular flexibility index (Phi) is 6.35. The molecule has 1 N–H and O–H groups in total. The summed E-state index contributed by atoms with van der Waals surface area (Å²) < 4.78 is 16.4. The Labute approximate surface area is 181 Å². The van der Waals surface area contributed by atoms with Gasteiger partial charge in [0.1, 0.15) is 11.5 Å². The van der Waals surface area contributed by atoms with Crippen LogP contribution < -0.4 is 14.8 Å². The third kappa shape index (κ3) is 4.79. The molecule has 0 spiro atoms. The molecule has 2 heterocycles. The van der Waals surface area contributed by atoms with Gasteiger partial charge in [0.25, 0.3) is 0 Å². The zero-order chi connectivity index (χ0) is 21.6. The molecule has 8 heteroatoms. The average molecular weight is 422 g/mol. The van der Waals surface area contributed by atoms with E-state index in [1.54, 1.807) is 12.0 Å². The molecule has 1 aliphatic rings. The maximum atomic E-state index is 12.9. The van der Waals surface area contributed by atoms with Crippen molar-refractivity contribution in [3.63, 3.8) is 0 Å². The van der Waals surface area contributed by atoms with Gasteiger partial charge in [-0.1, -0.05) is 29.4 Å². The molecule has 2 aromatic carbocycles. The van der Waals surface area contributed by atoms with Crippen molar-refractivity contribution < 1.29 is 18.8 Å². The molecule has 0 unspecified atom stereocenters. The Balaban J connectivity index is 1.44. The number of piperidine rings is 1. The highest BCUT2D eigenvalue weighted by Gasteiger charge is 2.29. The molecule has 4 rings (SSSR count). The summed E-state index contributed by atoms with van der Waals surface area (Å²) in [5.74, 6) is 2.45. The monoisotopic (exact) mass is 422 g/mol. The third-order valence-corrected chi connectivity index (χ3v) is 5.26. The van der Waals surface area contributed by atoms with Crippen LogP contribution in [0.25, 0.3) is 11.4 Å². The number of hydrogen-bond acceptors (Lipinski definition) is 6. The highest BCUT2D eigenvalue weighted by molar-refractivity contribution is 5.91. The Morgan fingerprint density at radius 2 is 2.13 bits per heavy atom. The molecule has 31 heavy (non-hydrogen) atoms. The van der Waals surface area contributed by atoms with Crippen LogP contribution in [0.1, 0.15) is 31.6 Å². The number of rotatable bonds is 6. The second-order valence-electron chi connectivity index (χ2n) is 7.33. The summed E-state index contributed by atoms with van der Waals surface area (Å²) >= 11 is 0. The molecule has 1 fully saturated rings. The van der Waals surface area contributed by atoms with Gasteiger partial charge in [-0.2, -0.15) is 4.98 Å². The predicted molar refractivity (Wildman–Crippen MR) is 116 cm³/mol. The van der Waals surface area contributed by atoms with Crippen molar-refractivity contribution in [1.29, 1.82) is 0 Å². The van der Waals surface area contributed by atoms with Crippen LogP contribution in [0.2, 0.25) is 0 Å². The largest absolute Gasteiger partial charge is 0.497 e.